The maximum atomic E-state index is 12.3. The number of carbonyl (C=O) groups is 1. The van der Waals surface area contributed by atoms with Gasteiger partial charge in [0.05, 0.1) is 11.3 Å². The minimum Gasteiger partial charge on any atom is -0.478 e. The minimum absolute atomic E-state index is 0.171. The second-order valence-electron chi connectivity index (χ2n) is 5.52. The second kappa shape index (κ2) is 6.03. The molecule has 0 radical (unpaired) electrons. The van der Waals surface area contributed by atoms with Gasteiger partial charge in [-0.15, -0.1) is 0 Å². The number of rotatable bonds is 4. The molecule has 0 saturated carbocycles. The molecule has 0 atom stereocenters. The molecule has 0 spiro atoms. The van der Waals surface area contributed by atoms with Gasteiger partial charge in [-0.1, -0.05) is 6.92 Å². The van der Waals surface area contributed by atoms with Crippen molar-refractivity contribution in [3.05, 3.63) is 29.3 Å². The standard InChI is InChI=1S/C14H20N2O4S/c1-10-5-7-16(8-6-10)21(19,20)15-12-3-4-13(14(17)18)11(2)9-12/h3-4,9-10,15H,5-8H2,1-2H3,(H,17,18). The van der Waals surface area contributed by atoms with E-state index in [0.717, 1.165) is 12.8 Å². The van der Waals surface area contributed by atoms with Gasteiger partial charge in [0, 0.05) is 13.1 Å². The Kier molecular flexibility index (Phi) is 4.53. The van der Waals surface area contributed by atoms with E-state index in [1.165, 1.54) is 22.5 Å². The summed E-state index contributed by atoms with van der Waals surface area (Å²) in [6.45, 7) is 4.79. The van der Waals surface area contributed by atoms with Crippen LogP contribution in [0.1, 0.15) is 35.7 Å². The maximum Gasteiger partial charge on any atom is 0.335 e. The van der Waals surface area contributed by atoms with E-state index in [9.17, 15) is 13.2 Å². The van der Waals surface area contributed by atoms with Crippen molar-refractivity contribution in [2.24, 2.45) is 5.92 Å². The lowest BCUT2D eigenvalue weighted by Gasteiger charge is -2.29. The number of piperidine rings is 1. The predicted molar refractivity (Wildman–Crippen MR) is 80.7 cm³/mol. The molecule has 7 heteroatoms. The van der Waals surface area contributed by atoms with Gasteiger partial charge < -0.3 is 5.11 Å². The Balaban J connectivity index is 2.13. The molecule has 0 aliphatic carbocycles. The van der Waals surface area contributed by atoms with Crippen molar-refractivity contribution in [1.82, 2.24) is 4.31 Å². The molecule has 0 unspecified atom stereocenters. The summed E-state index contributed by atoms with van der Waals surface area (Å²) in [6, 6.07) is 4.42. The molecule has 0 aromatic heterocycles. The van der Waals surface area contributed by atoms with Crippen molar-refractivity contribution in [1.29, 1.82) is 0 Å². The predicted octanol–water partition coefficient (Wildman–Crippen LogP) is 2.08. The first-order valence-corrected chi connectivity index (χ1v) is 8.35. The molecule has 1 fully saturated rings. The molecule has 1 aliphatic heterocycles. The lowest BCUT2D eigenvalue weighted by atomic mass is 10.0. The Morgan fingerprint density at radius 1 is 1.33 bits per heavy atom. The summed E-state index contributed by atoms with van der Waals surface area (Å²) in [6.07, 6.45) is 1.72. The molecular formula is C14H20N2O4S. The van der Waals surface area contributed by atoms with Crippen LogP contribution in [0, 0.1) is 12.8 Å². The summed E-state index contributed by atoms with van der Waals surface area (Å²) in [7, 11) is -3.57. The lowest BCUT2D eigenvalue weighted by Crippen LogP contribution is -2.41. The topological polar surface area (TPSA) is 86.7 Å². The first-order valence-electron chi connectivity index (χ1n) is 6.91. The molecule has 2 N–H and O–H groups in total. The number of nitrogens with zero attached hydrogens (tertiary/aromatic N) is 1. The second-order valence-corrected chi connectivity index (χ2v) is 7.19. The largest absolute Gasteiger partial charge is 0.478 e. The zero-order chi connectivity index (χ0) is 15.6. The fourth-order valence-corrected chi connectivity index (χ4v) is 3.65. The van der Waals surface area contributed by atoms with Crippen LogP contribution in [-0.4, -0.2) is 36.9 Å². The van der Waals surface area contributed by atoms with Crippen molar-refractivity contribution in [2.45, 2.75) is 26.7 Å². The van der Waals surface area contributed by atoms with Gasteiger partial charge in [0.2, 0.25) is 0 Å². The van der Waals surface area contributed by atoms with Crippen LogP contribution in [0.2, 0.25) is 0 Å². The molecule has 1 heterocycles. The molecule has 1 aromatic carbocycles. The molecule has 21 heavy (non-hydrogen) atoms. The molecule has 0 amide bonds. The number of aromatic carboxylic acids is 1. The van der Waals surface area contributed by atoms with Crippen LogP contribution < -0.4 is 4.72 Å². The number of benzene rings is 1. The van der Waals surface area contributed by atoms with Gasteiger partial charge in [-0.3, -0.25) is 4.72 Å². The normalized spacial score (nSPS) is 17.6. The van der Waals surface area contributed by atoms with Gasteiger partial charge in [0.15, 0.2) is 0 Å². The summed E-state index contributed by atoms with van der Waals surface area (Å²) in [5.74, 6) is -0.472. The van der Waals surface area contributed by atoms with Crippen LogP contribution in [-0.2, 0) is 10.2 Å². The van der Waals surface area contributed by atoms with Crippen LogP contribution in [0.5, 0.6) is 0 Å². The monoisotopic (exact) mass is 312 g/mol. The molecule has 116 valence electrons. The van der Waals surface area contributed by atoms with E-state index in [1.54, 1.807) is 6.92 Å². The van der Waals surface area contributed by atoms with Gasteiger partial charge in [0.1, 0.15) is 0 Å². The average Bonchev–Trinajstić information content (AvgIpc) is 2.38. The van der Waals surface area contributed by atoms with E-state index in [0.29, 0.717) is 30.3 Å². The summed E-state index contributed by atoms with van der Waals surface area (Å²) < 4.78 is 28.5. The highest BCUT2D eigenvalue weighted by molar-refractivity contribution is 7.90. The van der Waals surface area contributed by atoms with Crippen LogP contribution in [0.3, 0.4) is 0 Å². The Morgan fingerprint density at radius 3 is 2.48 bits per heavy atom. The molecule has 1 aromatic rings. The third-order valence-corrected chi connectivity index (χ3v) is 5.32. The highest BCUT2D eigenvalue weighted by Crippen LogP contribution is 2.21. The summed E-state index contributed by atoms with van der Waals surface area (Å²) in [5.41, 5.74) is 1.08. The first-order chi connectivity index (χ1) is 9.79. The quantitative estimate of drug-likeness (QED) is 0.891. The highest BCUT2D eigenvalue weighted by Gasteiger charge is 2.26. The van der Waals surface area contributed by atoms with Gasteiger partial charge in [-0.2, -0.15) is 12.7 Å². The van der Waals surface area contributed by atoms with Crippen molar-refractivity contribution >= 4 is 21.9 Å². The Hall–Kier alpha value is -1.60. The zero-order valence-corrected chi connectivity index (χ0v) is 13.0. The average molecular weight is 312 g/mol. The molecular weight excluding hydrogens is 292 g/mol. The molecule has 1 aliphatic rings. The molecule has 1 saturated heterocycles. The zero-order valence-electron chi connectivity index (χ0n) is 12.2. The Labute approximate surface area is 125 Å². The number of carboxylic acid groups (broad SMARTS) is 1. The molecule has 0 bridgehead atoms. The van der Waals surface area contributed by atoms with Crippen LogP contribution in [0.25, 0.3) is 0 Å². The molecule has 6 nitrogen and oxygen atoms in total. The summed E-state index contributed by atoms with van der Waals surface area (Å²) in [5, 5.41) is 8.97. The number of nitrogens with one attached hydrogen (secondary N) is 1. The summed E-state index contributed by atoms with van der Waals surface area (Å²) >= 11 is 0. The highest BCUT2D eigenvalue weighted by atomic mass is 32.2. The van der Waals surface area contributed by atoms with E-state index in [2.05, 4.69) is 11.6 Å². The van der Waals surface area contributed by atoms with Crippen LogP contribution >= 0.6 is 0 Å². The number of anilines is 1. The fourth-order valence-electron chi connectivity index (χ4n) is 2.41. The Bertz CT molecular complexity index is 634. The van der Waals surface area contributed by atoms with E-state index < -0.39 is 16.2 Å². The van der Waals surface area contributed by atoms with Gasteiger partial charge >= 0.3 is 16.2 Å². The number of hydrogen-bond donors (Lipinski definition) is 2. The van der Waals surface area contributed by atoms with E-state index >= 15 is 0 Å². The van der Waals surface area contributed by atoms with Gasteiger partial charge in [-0.05, 0) is 49.4 Å². The maximum absolute atomic E-state index is 12.3. The number of hydrogen-bond acceptors (Lipinski definition) is 3. The number of aryl methyl sites for hydroxylation is 1. The van der Waals surface area contributed by atoms with E-state index in [4.69, 9.17) is 5.11 Å². The first kappa shape index (κ1) is 15.8. The van der Waals surface area contributed by atoms with Crippen LogP contribution in [0.15, 0.2) is 18.2 Å². The number of carboxylic acids is 1. The molecule has 2 rings (SSSR count). The third-order valence-electron chi connectivity index (χ3n) is 3.79. The van der Waals surface area contributed by atoms with Crippen molar-refractivity contribution in [3.8, 4) is 0 Å². The smallest absolute Gasteiger partial charge is 0.335 e. The van der Waals surface area contributed by atoms with Crippen molar-refractivity contribution in [3.63, 3.8) is 0 Å². The van der Waals surface area contributed by atoms with E-state index in [1.807, 2.05) is 0 Å². The Morgan fingerprint density at radius 2 is 1.95 bits per heavy atom. The van der Waals surface area contributed by atoms with Gasteiger partial charge in [-0.25, -0.2) is 4.79 Å². The third kappa shape index (κ3) is 3.74. The lowest BCUT2D eigenvalue weighted by molar-refractivity contribution is 0.0696. The SMILES string of the molecule is Cc1cc(NS(=O)(=O)N2CCC(C)CC2)ccc1C(=O)O. The van der Waals surface area contributed by atoms with Crippen molar-refractivity contribution < 1.29 is 18.3 Å². The summed E-state index contributed by atoms with van der Waals surface area (Å²) in [4.78, 5) is 10.9. The fraction of sp³-hybridized carbons (Fsp3) is 0.500. The van der Waals surface area contributed by atoms with Gasteiger partial charge in [0.25, 0.3) is 0 Å². The van der Waals surface area contributed by atoms with Crippen molar-refractivity contribution in [2.75, 3.05) is 17.8 Å². The van der Waals surface area contributed by atoms with Crippen LogP contribution in [0.4, 0.5) is 5.69 Å². The minimum atomic E-state index is -3.57. The van der Waals surface area contributed by atoms with E-state index in [-0.39, 0.29) is 5.56 Å².